The summed E-state index contributed by atoms with van der Waals surface area (Å²) in [5.41, 5.74) is 1.49. The Kier molecular flexibility index (Phi) is 4.20. The van der Waals surface area contributed by atoms with E-state index in [-0.39, 0.29) is 0 Å². The van der Waals surface area contributed by atoms with Gasteiger partial charge in [-0.15, -0.1) is 0 Å². The van der Waals surface area contributed by atoms with Gasteiger partial charge in [-0.25, -0.2) is 13.1 Å². The van der Waals surface area contributed by atoms with Crippen molar-refractivity contribution in [2.45, 2.75) is 43.0 Å². The monoisotopic (exact) mass is 373 g/mol. The summed E-state index contributed by atoms with van der Waals surface area (Å²) < 4.78 is 39.8. The van der Waals surface area contributed by atoms with Crippen molar-refractivity contribution in [3.63, 3.8) is 0 Å². The molecule has 5 nitrogen and oxygen atoms in total. The van der Waals surface area contributed by atoms with Crippen molar-refractivity contribution in [2.75, 3.05) is 13.2 Å². The largest absolute Gasteiger partial charge is 0.486 e. The van der Waals surface area contributed by atoms with E-state index < -0.39 is 15.6 Å². The fourth-order valence-corrected chi connectivity index (χ4v) is 4.71. The molecule has 138 valence electrons. The zero-order valence-corrected chi connectivity index (χ0v) is 15.8. The first kappa shape index (κ1) is 17.4. The first-order valence-electron chi connectivity index (χ1n) is 8.94. The van der Waals surface area contributed by atoms with Crippen LogP contribution in [-0.4, -0.2) is 21.6 Å². The fraction of sp³-hybridized carbons (Fsp3) is 0.400. The molecule has 2 aromatic rings. The second-order valence-electron chi connectivity index (χ2n) is 7.27. The molecule has 0 radical (unpaired) electrons. The SMILES string of the molecule is CC(C)c1ccc(S(=O)(=O)NC2(c3ccc4c(c3)OCCO4)CC2)cc1. The Morgan fingerprint density at radius 3 is 2.23 bits per heavy atom. The van der Waals surface area contributed by atoms with Crippen LogP contribution in [0.5, 0.6) is 11.5 Å². The third kappa shape index (κ3) is 3.19. The summed E-state index contributed by atoms with van der Waals surface area (Å²) >= 11 is 0. The zero-order valence-electron chi connectivity index (χ0n) is 15.0. The molecule has 0 saturated heterocycles. The highest BCUT2D eigenvalue weighted by atomic mass is 32.2. The quantitative estimate of drug-likeness (QED) is 0.871. The van der Waals surface area contributed by atoms with Gasteiger partial charge in [0.25, 0.3) is 0 Å². The Hall–Kier alpha value is -2.05. The van der Waals surface area contributed by atoms with Crippen LogP contribution in [0.1, 0.15) is 43.7 Å². The number of sulfonamides is 1. The van der Waals surface area contributed by atoms with Crippen molar-refractivity contribution in [3.05, 3.63) is 53.6 Å². The highest BCUT2D eigenvalue weighted by Crippen LogP contribution is 2.48. The number of benzene rings is 2. The van der Waals surface area contributed by atoms with Gasteiger partial charge in [-0.1, -0.05) is 32.0 Å². The number of hydrogen-bond acceptors (Lipinski definition) is 4. The van der Waals surface area contributed by atoms with E-state index in [1.54, 1.807) is 12.1 Å². The van der Waals surface area contributed by atoms with E-state index in [2.05, 4.69) is 18.6 Å². The molecule has 0 unspecified atom stereocenters. The lowest BCUT2D eigenvalue weighted by Gasteiger charge is -2.22. The van der Waals surface area contributed by atoms with Gasteiger partial charge >= 0.3 is 0 Å². The fourth-order valence-electron chi connectivity index (χ4n) is 3.26. The molecular weight excluding hydrogens is 350 g/mol. The molecule has 1 heterocycles. The van der Waals surface area contributed by atoms with Crippen LogP contribution in [-0.2, 0) is 15.6 Å². The summed E-state index contributed by atoms with van der Waals surface area (Å²) in [6.07, 6.45) is 1.55. The van der Waals surface area contributed by atoms with Crippen LogP contribution < -0.4 is 14.2 Å². The molecule has 26 heavy (non-hydrogen) atoms. The van der Waals surface area contributed by atoms with E-state index in [0.717, 1.165) is 24.0 Å². The first-order chi connectivity index (χ1) is 12.4. The third-order valence-electron chi connectivity index (χ3n) is 5.03. The molecule has 1 saturated carbocycles. The molecule has 2 aromatic carbocycles. The van der Waals surface area contributed by atoms with Crippen molar-refractivity contribution < 1.29 is 17.9 Å². The summed E-state index contributed by atoms with van der Waals surface area (Å²) in [5.74, 6) is 1.76. The van der Waals surface area contributed by atoms with Gasteiger partial charge in [-0.3, -0.25) is 0 Å². The summed E-state index contributed by atoms with van der Waals surface area (Å²) in [5, 5.41) is 0. The smallest absolute Gasteiger partial charge is 0.241 e. The van der Waals surface area contributed by atoms with Crippen LogP contribution in [0.15, 0.2) is 47.4 Å². The molecule has 0 spiro atoms. The van der Waals surface area contributed by atoms with Gasteiger partial charge in [0.05, 0.1) is 10.4 Å². The Labute approximate surface area is 154 Å². The van der Waals surface area contributed by atoms with E-state index in [1.807, 2.05) is 30.3 Å². The Bertz CT molecular complexity index is 915. The van der Waals surface area contributed by atoms with E-state index in [4.69, 9.17) is 9.47 Å². The van der Waals surface area contributed by atoms with E-state index >= 15 is 0 Å². The Balaban J connectivity index is 1.59. The highest BCUT2D eigenvalue weighted by Gasteiger charge is 2.48. The van der Waals surface area contributed by atoms with Gasteiger partial charge in [0.2, 0.25) is 10.0 Å². The maximum absolute atomic E-state index is 12.9. The van der Waals surface area contributed by atoms with E-state index in [1.165, 1.54) is 0 Å². The van der Waals surface area contributed by atoms with Gasteiger partial charge in [-0.2, -0.15) is 0 Å². The summed E-state index contributed by atoms with van der Waals surface area (Å²) in [4.78, 5) is 0.297. The lowest BCUT2D eigenvalue weighted by Crippen LogP contribution is -2.35. The minimum atomic E-state index is -3.59. The van der Waals surface area contributed by atoms with E-state index in [9.17, 15) is 8.42 Å². The number of fused-ring (bicyclic) bond motifs is 1. The van der Waals surface area contributed by atoms with Crippen molar-refractivity contribution in [1.29, 1.82) is 0 Å². The second-order valence-corrected chi connectivity index (χ2v) is 8.95. The number of nitrogens with one attached hydrogen (secondary N) is 1. The van der Waals surface area contributed by atoms with Gasteiger partial charge in [0.15, 0.2) is 11.5 Å². The zero-order chi connectivity index (χ0) is 18.4. The summed E-state index contributed by atoms with van der Waals surface area (Å²) in [6, 6.07) is 12.8. The number of ether oxygens (including phenoxy) is 2. The van der Waals surface area contributed by atoms with Gasteiger partial charge in [0.1, 0.15) is 13.2 Å². The predicted octanol–water partition coefficient (Wildman–Crippen LogP) is 3.55. The minimum absolute atomic E-state index is 0.297. The first-order valence-corrected chi connectivity index (χ1v) is 10.4. The molecule has 0 amide bonds. The predicted molar refractivity (Wildman–Crippen MR) is 99.2 cm³/mol. The molecule has 0 aromatic heterocycles. The molecule has 1 N–H and O–H groups in total. The third-order valence-corrected chi connectivity index (χ3v) is 6.58. The standard InChI is InChI=1S/C20H23NO4S/c1-14(2)15-3-6-17(7-4-15)26(22,23)21-20(9-10-20)16-5-8-18-19(13-16)25-12-11-24-18/h3-8,13-14,21H,9-12H2,1-2H3. The van der Waals surface area contributed by atoms with Crippen molar-refractivity contribution >= 4 is 10.0 Å². The van der Waals surface area contributed by atoms with E-state index in [0.29, 0.717) is 35.5 Å². The molecular formula is C20H23NO4S. The minimum Gasteiger partial charge on any atom is -0.486 e. The Morgan fingerprint density at radius 1 is 0.962 bits per heavy atom. The van der Waals surface area contributed by atoms with Crippen LogP contribution in [0, 0.1) is 0 Å². The molecule has 1 fully saturated rings. The van der Waals surface area contributed by atoms with Crippen LogP contribution in [0.4, 0.5) is 0 Å². The van der Waals surface area contributed by atoms with Crippen molar-refractivity contribution in [1.82, 2.24) is 4.72 Å². The molecule has 0 atom stereocenters. The average molecular weight is 373 g/mol. The normalized spacial score (nSPS) is 18.0. The van der Waals surface area contributed by atoms with Crippen molar-refractivity contribution in [2.24, 2.45) is 0 Å². The molecule has 0 bridgehead atoms. The molecule has 1 aliphatic carbocycles. The Morgan fingerprint density at radius 2 is 1.62 bits per heavy atom. The van der Waals surface area contributed by atoms with Crippen LogP contribution in [0.2, 0.25) is 0 Å². The number of rotatable bonds is 5. The van der Waals surface area contributed by atoms with Crippen LogP contribution in [0.25, 0.3) is 0 Å². The molecule has 2 aliphatic rings. The van der Waals surface area contributed by atoms with Gasteiger partial charge < -0.3 is 9.47 Å². The summed E-state index contributed by atoms with van der Waals surface area (Å²) in [7, 11) is -3.59. The second kappa shape index (κ2) is 6.28. The molecule has 4 rings (SSSR count). The highest BCUT2D eigenvalue weighted by molar-refractivity contribution is 7.89. The molecule has 1 aliphatic heterocycles. The average Bonchev–Trinajstić information content (AvgIpc) is 3.41. The molecule has 6 heteroatoms. The van der Waals surface area contributed by atoms with Gasteiger partial charge in [0, 0.05) is 0 Å². The lowest BCUT2D eigenvalue weighted by atomic mass is 10.0. The lowest BCUT2D eigenvalue weighted by molar-refractivity contribution is 0.171. The van der Waals surface area contributed by atoms with Crippen LogP contribution in [0.3, 0.4) is 0 Å². The van der Waals surface area contributed by atoms with Crippen LogP contribution >= 0.6 is 0 Å². The summed E-state index contributed by atoms with van der Waals surface area (Å²) in [6.45, 7) is 5.22. The van der Waals surface area contributed by atoms with Crippen molar-refractivity contribution in [3.8, 4) is 11.5 Å². The maximum atomic E-state index is 12.9. The topological polar surface area (TPSA) is 64.6 Å². The van der Waals surface area contributed by atoms with Gasteiger partial charge in [-0.05, 0) is 54.2 Å². The maximum Gasteiger partial charge on any atom is 0.241 e. The number of hydrogen-bond donors (Lipinski definition) is 1.